The number of benzene rings is 2. The normalized spacial score (nSPS) is 13.1. The van der Waals surface area contributed by atoms with Crippen molar-refractivity contribution in [3.05, 3.63) is 66.2 Å². The van der Waals surface area contributed by atoms with E-state index in [1.54, 1.807) is 38.1 Å². The van der Waals surface area contributed by atoms with Gasteiger partial charge in [-0.25, -0.2) is 9.36 Å². The fourth-order valence-corrected chi connectivity index (χ4v) is 3.58. The largest absolute Gasteiger partial charge is 0.445 e. The third kappa shape index (κ3) is 6.99. The first kappa shape index (κ1) is 19.0. The predicted molar refractivity (Wildman–Crippen MR) is 95.5 cm³/mol. The van der Waals surface area contributed by atoms with Gasteiger partial charge >= 0.3 is 13.7 Å². The quantitative estimate of drug-likeness (QED) is 0.696. The Bertz CT molecular complexity index is 706. The lowest BCUT2D eigenvalue weighted by Gasteiger charge is -2.21. The number of alkyl carbamates (subject to hydrolysis) is 1. The molecule has 25 heavy (non-hydrogen) atoms. The van der Waals surface area contributed by atoms with Crippen LogP contribution in [0.4, 0.5) is 4.79 Å². The summed E-state index contributed by atoms with van der Waals surface area (Å²) in [7, 11) is -3.56. The summed E-state index contributed by atoms with van der Waals surface area (Å²) in [5, 5.41) is 2.44. The van der Waals surface area contributed by atoms with Gasteiger partial charge in [-0.05, 0) is 31.5 Å². The first-order valence-electron chi connectivity index (χ1n) is 7.93. The van der Waals surface area contributed by atoms with Crippen LogP contribution in [0.1, 0.15) is 19.4 Å². The van der Waals surface area contributed by atoms with Crippen molar-refractivity contribution in [2.45, 2.75) is 26.6 Å². The number of ether oxygens (including phenoxy) is 1. The van der Waals surface area contributed by atoms with Crippen LogP contribution in [-0.2, 0) is 20.4 Å². The molecule has 7 heteroatoms. The maximum atomic E-state index is 12.9. The van der Waals surface area contributed by atoms with E-state index in [-0.39, 0.29) is 19.0 Å². The zero-order chi connectivity index (χ0) is 18.1. The van der Waals surface area contributed by atoms with Gasteiger partial charge in [-0.3, -0.25) is 4.52 Å². The molecule has 0 radical (unpaired) electrons. The molecule has 6 nitrogen and oxygen atoms in total. The maximum Gasteiger partial charge on any atom is 0.408 e. The number of hydrogen-bond donors (Lipinski definition) is 1. The highest BCUT2D eigenvalue weighted by Gasteiger charge is 2.29. The first-order valence-corrected chi connectivity index (χ1v) is 9.66. The third-order valence-electron chi connectivity index (χ3n) is 2.99. The van der Waals surface area contributed by atoms with Crippen LogP contribution in [0, 0.1) is 0 Å². The molecule has 2 aromatic rings. The van der Waals surface area contributed by atoms with Crippen molar-refractivity contribution in [1.29, 1.82) is 0 Å². The molecule has 134 valence electrons. The van der Waals surface area contributed by atoms with Crippen molar-refractivity contribution < 1.29 is 23.1 Å². The summed E-state index contributed by atoms with van der Waals surface area (Å²) in [6, 6.07) is 18.0. The lowest BCUT2D eigenvalue weighted by atomic mass is 10.2. The Kier molecular flexibility index (Phi) is 7.04. The molecule has 1 N–H and O–H groups in total. The van der Waals surface area contributed by atoms with Crippen molar-refractivity contribution in [1.82, 2.24) is 5.32 Å². The van der Waals surface area contributed by atoms with Crippen LogP contribution < -0.4 is 9.84 Å². The van der Waals surface area contributed by atoms with Crippen LogP contribution in [0.15, 0.2) is 60.7 Å². The van der Waals surface area contributed by atoms with Gasteiger partial charge in [-0.2, -0.15) is 0 Å². The fourth-order valence-electron chi connectivity index (χ4n) is 1.99. The molecule has 2 rings (SSSR count). The van der Waals surface area contributed by atoms with E-state index in [0.717, 1.165) is 5.56 Å². The summed E-state index contributed by atoms with van der Waals surface area (Å²) in [4.78, 5) is 11.8. The molecule has 0 bridgehead atoms. The van der Waals surface area contributed by atoms with E-state index in [4.69, 9.17) is 13.8 Å². The van der Waals surface area contributed by atoms with Crippen molar-refractivity contribution >= 4 is 13.7 Å². The Balaban J connectivity index is 1.90. The average molecular weight is 363 g/mol. The number of para-hydroxylation sites is 1. The maximum absolute atomic E-state index is 12.9. The van der Waals surface area contributed by atoms with Gasteiger partial charge in [-0.15, -0.1) is 0 Å². The minimum Gasteiger partial charge on any atom is -0.445 e. The summed E-state index contributed by atoms with van der Waals surface area (Å²) >= 11 is 0. The van der Waals surface area contributed by atoms with Gasteiger partial charge in [0.05, 0.1) is 6.10 Å². The Labute approximate surface area is 147 Å². The second-order valence-electron chi connectivity index (χ2n) is 5.57. The number of nitrogens with one attached hydrogen (secondary N) is 1. The third-order valence-corrected chi connectivity index (χ3v) is 4.77. The molecule has 0 spiro atoms. The molecule has 1 unspecified atom stereocenters. The lowest BCUT2D eigenvalue weighted by molar-refractivity contribution is 0.139. The molecule has 0 fully saturated rings. The second-order valence-corrected chi connectivity index (χ2v) is 7.50. The van der Waals surface area contributed by atoms with E-state index in [2.05, 4.69) is 5.32 Å². The van der Waals surface area contributed by atoms with E-state index in [1.807, 2.05) is 36.4 Å². The molecule has 2 aromatic carbocycles. The highest BCUT2D eigenvalue weighted by molar-refractivity contribution is 7.54. The number of carbonyl (C=O) groups excluding carboxylic acids is 1. The van der Waals surface area contributed by atoms with Gasteiger partial charge in [0.2, 0.25) is 0 Å². The van der Waals surface area contributed by atoms with Crippen LogP contribution >= 0.6 is 7.60 Å². The lowest BCUT2D eigenvalue weighted by Crippen LogP contribution is -2.27. The Morgan fingerprint density at radius 2 is 1.64 bits per heavy atom. The number of carbonyl (C=O) groups is 1. The van der Waals surface area contributed by atoms with E-state index in [0.29, 0.717) is 5.75 Å². The smallest absolute Gasteiger partial charge is 0.408 e. The molecule has 0 aliphatic carbocycles. The first-order chi connectivity index (χ1) is 12.0. The summed E-state index contributed by atoms with van der Waals surface area (Å²) in [6.45, 7) is 3.62. The molecule has 1 amide bonds. The van der Waals surface area contributed by atoms with Gasteiger partial charge in [0.15, 0.2) is 0 Å². The minimum atomic E-state index is -3.56. The zero-order valence-electron chi connectivity index (χ0n) is 14.3. The molecule has 0 heterocycles. The van der Waals surface area contributed by atoms with E-state index >= 15 is 0 Å². The molecular weight excluding hydrogens is 341 g/mol. The van der Waals surface area contributed by atoms with Crippen molar-refractivity contribution in [2.75, 3.05) is 6.29 Å². The predicted octanol–water partition coefficient (Wildman–Crippen LogP) is 4.57. The number of hydrogen-bond acceptors (Lipinski definition) is 5. The highest BCUT2D eigenvalue weighted by atomic mass is 31.2. The topological polar surface area (TPSA) is 73.9 Å². The van der Waals surface area contributed by atoms with Crippen molar-refractivity contribution in [3.63, 3.8) is 0 Å². The minimum absolute atomic E-state index is 0.127. The molecule has 0 aliphatic rings. The zero-order valence-corrected chi connectivity index (χ0v) is 15.1. The molecule has 0 aromatic heterocycles. The van der Waals surface area contributed by atoms with Gasteiger partial charge in [0.25, 0.3) is 0 Å². The Hall–Kier alpha value is -2.30. The summed E-state index contributed by atoms with van der Waals surface area (Å²) in [5.41, 5.74) is 0.861. The summed E-state index contributed by atoms with van der Waals surface area (Å²) in [6.07, 6.45) is -1.29. The van der Waals surface area contributed by atoms with E-state index in [1.165, 1.54) is 0 Å². The van der Waals surface area contributed by atoms with Crippen molar-refractivity contribution in [3.8, 4) is 5.75 Å². The Morgan fingerprint density at radius 3 is 2.24 bits per heavy atom. The van der Waals surface area contributed by atoms with Crippen LogP contribution in [-0.4, -0.2) is 18.5 Å². The highest BCUT2D eigenvalue weighted by Crippen LogP contribution is 2.48. The van der Waals surface area contributed by atoms with Gasteiger partial charge in [0, 0.05) is 0 Å². The molecule has 0 aliphatic heterocycles. The molecule has 1 atom stereocenters. The van der Waals surface area contributed by atoms with Gasteiger partial charge < -0.3 is 14.6 Å². The fraction of sp³-hybridized carbons (Fsp3) is 0.278. The van der Waals surface area contributed by atoms with E-state index < -0.39 is 13.7 Å². The van der Waals surface area contributed by atoms with Gasteiger partial charge in [-0.1, -0.05) is 48.5 Å². The van der Waals surface area contributed by atoms with E-state index in [9.17, 15) is 9.36 Å². The monoisotopic (exact) mass is 363 g/mol. The van der Waals surface area contributed by atoms with Crippen LogP contribution in [0.25, 0.3) is 0 Å². The standard InChI is InChI=1S/C18H22NO5P/c1-15(2)23-25(21,24-17-11-7-4-8-12-17)14-19-18(20)22-13-16-9-5-3-6-10-16/h3-12,15H,13-14H2,1-2H3,(H,19,20). The average Bonchev–Trinajstić information content (AvgIpc) is 2.59. The molecule has 0 saturated carbocycles. The number of amides is 1. The summed E-state index contributed by atoms with van der Waals surface area (Å²) < 4.78 is 28.9. The Morgan fingerprint density at radius 1 is 1.04 bits per heavy atom. The molecular formula is C18H22NO5P. The second kappa shape index (κ2) is 9.25. The van der Waals surface area contributed by atoms with Crippen molar-refractivity contribution in [2.24, 2.45) is 0 Å². The SMILES string of the molecule is CC(C)OP(=O)(CNC(=O)OCc1ccccc1)Oc1ccccc1. The van der Waals surface area contributed by atoms with Gasteiger partial charge in [0.1, 0.15) is 18.6 Å². The van der Waals surface area contributed by atoms with Crippen LogP contribution in [0.5, 0.6) is 5.75 Å². The van der Waals surface area contributed by atoms with Crippen LogP contribution in [0.2, 0.25) is 0 Å². The van der Waals surface area contributed by atoms with Crippen LogP contribution in [0.3, 0.4) is 0 Å². The number of rotatable bonds is 8. The summed E-state index contributed by atoms with van der Waals surface area (Å²) in [5.74, 6) is 0.408. The molecule has 0 saturated heterocycles.